The van der Waals surface area contributed by atoms with Gasteiger partial charge in [0.15, 0.2) is 0 Å². The van der Waals surface area contributed by atoms with E-state index in [0.717, 1.165) is 0 Å². The number of nitrogens with zero attached hydrogens (tertiary/aromatic N) is 1. The molecule has 3 N–H and O–H groups in total. The average Bonchev–Trinajstić information content (AvgIpc) is 2.82. The molecule has 1 heterocycles. The maximum Gasteiger partial charge on any atom is 0.268 e. The quantitative estimate of drug-likeness (QED) is 0.886. The normalized spacial score (nSPS) is 18.2. The molecule has 1 amide bonds. The standard InChI is InChI=1S/C16H27N3O/c1-11(2)19-10-14(17)9-15(19)16(20)18-12(3)13-7-5-4-6-8-13/h9-13H,4-8,17H2,1-3H3,(H,18,20). The number of anilines is 1. The summed E-state index contributed by atoms with van der Waals surface area (Å²) in [7, 11) is 0. The molecule has 1 aliphatic carbocycles. The molecule has 1 aliphatic rings. The predicted molar refractivity (Wildman–Crippen MR) is 82.7 cm³/mol. The van der Waals surface area contributed by atoms with Crippen LogP contribution >= 0.6 is 0 Å². The molecule has 0 bridgehead atoms. The topological polar surface area (TPSA) is 60.1 Å². The van der Waals surface area contributed by atoms with E-state index >= 15 is 0 Å². The van der Waals surface area contributed by atoms with Crippen molar-refractivity contribution in [1.29, 1.82) is 0 Å². The summed E-state index contributed by atoms with van der Waals surface area (Å²) >= 11 is 0. The van der Waals surface area contributed by atoms with Gasteiger partial charge in [-0.1, -0.05) is 19.3 Å². The van der Waals surface area contributed by atoms with Crippen molar-refractivity contribution in [2.75, 3.05) is 5.73 Å². The minimum Gasteiger partial charge on any atom is -0.397 e. The van der Waals surface area contributed by atoms with Crippen LogP contribution in [0.1, 0.15) is 69.4 Å². The van der Waals surface area contributed by atoms with Crippen LogP contribution in [-0.4, -0.2) is 16.5 Å². The highest BCUT2D eigenvalue weighted by Crippen LogP contribution is 2.26. The predicted octanol–water partition coefficient (Wildman–Crippen LogP) is 3.35. The van der Waals surface area contributed by atoms with Gasteiger partial charge in [-0.2, -0.15) is 0 Å². The highest BCUT2D eigenvalue weighted by Gasteiger charge is 2.23. The van der Waals surface area contributed by atoms with Crippen LogP contribution in [0.5, 0.6) is 0 Å². The zero-order chi connectivity index (χ0) is 14.7. The van der Waals surface area contributed by atoms with Crippen molar-refractivity contribution < 1.29 is 4.79 Å². The lowest BCUT2D eigenvalue weighted by Gasteiger charge is -2.28. The van der Waals surface area contributed by atoms with Crippen LogP contribution in [0.2, 0.25) is 0 Å². The van der Waals surface area contributed by atoms with Crippen molar-refractivity contribution in [2.24, 2.45) is 5.92 Å². The monoisotopic (exact) mass is 277 g/mol. The molecule has 1 aromatic rings. The van der Waals surface area contributed by atoms with Gasteiger partial charge in [0, 0.05) is 18.3 Å². The Morgan fingerprint density at radius 2 is 1.95 bits per heavy atom. The summed E-state index contributed by atoms with van der Waals surface area (Å²) in [6.45, 7) is 6.24. The zero-order valence-corrected chi connectivity index (χ0v) is 12.9. The number of nitrogens with two attached hydrogens (primary N) is 1. The average molecular weight is 277 g/mol. The number of carbonyl (C=O) groups is 1. The van der Waals surface area contributed by atoms with E-state index in [2.05, 4.69) is 26.1 Å². The van der Waals surface area contributed by atoms with Crippen LogP contribution in [0, 0.1) is 5.92 Å². The van der Waals surface area contributed by atoms with Gasteiger partial charge < -0.3 is 15.6 Å². The second-order valence-electron chi connectivity index (χ2n) is 6.32. The fourth-order valence-electron chi connectivity index (χ4n) is 3.14. The number of hydrogen-bond acceptors (Lipinski definition) is 2. The molecule has 4 nitrogen and oxygen atoms in total. The van der Waals surface area contributed by atoms with E-state index < -0.39 is 0 Å². The molecule has 112 valence electrons. The van der Waals surface area contributed by atoms with Gasteiger partial charge >= 0.3 is 0 Å². The van der Waals surface area contributed by atoms with Crippen molar-refractivity contribution in [3.05, 3.63) is 18.0 Å². The summed E-state index contributed by atoms with van der Waals surface area (Å²) in [6, 6.07) is 2.24. The first kappa shape index (κ1) is 14.9. The smallest absolute Gasteiger partial charge is 0.268 e. The minimum atomic E-state index is -0.00604. The molecule has 20 heavy (non-hydrogen) atoms. The largest absolute Gasteiger partial charge is 0.397 e. The van der Waals surface area contributed by atoms with Crippen LogP contribution < -0.4 is 11.1 Å². The summed E-state index contributed by atoms with van der Waals surface area (Å²) in [4.78, 5) is 12.4. The molecule has 0 saturated heterocycles. The molecular weight excluding hydrogens is 250 g/mol. The Bertz CT molecular complexity index is 458. The first-order valence-electron chi connectivity index (χ1n) is 7.77. The molecular formula is C16H27N3O. The fourth-order valence-corrected chi connectivity index (χ4v) is 3.14. The third-order valence-corrected chi connectivity index (χ3v) is 4.37. The van der Waals surface area contributed by atoms with E-state index in [1.54, 1.807) is 6.07 Å². The highest BCUT2D eigenvalue weighted by atomic mass is 16.2. The highest BCUT2D eigenvalue weighted by molar-refractivity contribution is 5.94. The Balaban J connectivity index is 2.04. The van der Waals surface area contributed by atoms with Gasteiger partial charge in [-0.25, -0.2) is 0 Å². The summed E-state index contributed by atoms with van der Waals surface area (Å²) in [5.74, 6) is 0.612. The molecule has 1 fully saturated rings. The summed E-state index contributed by atoms with van der Waals surface area (Å²) < 4.78 is 1.94. The van der Waals surface area contributed by atoms with Gasteiger partial charge in [-0.05, 0) is 45.6 Å². The van der Waals surface area contributed by atoms with Gasteiger partial charge in [-0.15, -0.1) is 0 Å². The van der Waals surface area contributed by atoms with E-state index in [-0.39, 0.29) is 18.0 Å². The van der Waals surface area contributed by atoms with Gasteiger partial charge in [0.2, 0.25) is 0 Å². The summed E-state index contributed by atoms with van der Waals surface area (Å²) in [5.41, 5.74) is 7.14. The number of aromatic nitrogens is 1. The number of amides is 1. The molecule has 0 radical (unpaired) electrons. The number of rotatable bonds is 4. The van der Waals surface area contributed by atoms with Crippen LogP contribution in [0.15, 0.2) is 12.3 Å². The van der Waals surface area contributed by atoms with Gasteiger partial charge in [-0.3, -0.25) is 4.79 Å². The Hall–Kier alpha value is -1.45. The summed E-state index contributed by atoms with van der Waals surface area (Å²) in [6.07, 6.45) is 8.22. The second-order valence-corrected chi connectivity index (χ2v) is 6.32. The van der Waals surface area contributed by atoms with Crippen molar-refractivity contribution in [3.8, 4) is 0 Å². The SMILES string of the molecule is CC(NC(=O)c1cc(N)cn1C(C)C)C1CCCCC1. The van der Waals surface area contributed by atoms with E-state index in [0.29, 0.717) is 17.3 Å². The molecule has 0 aliphatic heterocycles. The Morgan fingerprint density at radius 3 is 2.55 bits per heavy atom. The molecule has 0 spiro atoms. The number of carbonyl (C=O) groups excluding carboxylic acids is 1. The third-order valence-electron chi connectivity index (χ3n) is 4.37. The summed E-state index contributed by atoms with van der Waals surface area (Å²) in [5, 5.41) is 3.16. The first-order valence-corrected chi connectivity index (χ1v) is 7.77. The first-order chi connectivity index (χ1) is 9.49. The molecule has 0 aromatic carbocycles. The lowest BCUT2D eigenvalue weighted by Crippen LogP contribution is -2.39. The molecule has 4 heteroatoms. The van der Waals surface area contributed by atoms with E-state index in [9.17, 15) is 4.79 Å². The second kappa shape index (κ2) is 6.33. The molecule has 1 aromatic heterocycles. The number of hydrogen-bond donors (Lipinski definition) is 2. The number of nitrogens with one attached hydrogen (secondary N) is 1. The number of nitrogen functional groups attached to an aromatic ring is 1. The minimum absolute atomic E-state index is 0.00604. The van der Waals surface area contributed by atoms with E-state index in [1.165, 1.54) is 32.1 Å². The van der Waals surface area contributed by atoms with Crippen molar-refractivity contribution in [3.63, 3.8) is 0 Å². The Morgan fingerprint density at radius 1 is 1.30 bits per heavy atom. The molecule has 1 atom stereocenters. The molecule has 1 unspecified atom stereocenters. The lowest BCUT2D eigenvalue weighted by molar-refractivity contribution is 0.0908. The fraction of sp³-hybridized carbons (Fsp3) is 0.688. The van der Waals surface area contributed by atoms with Crippen molar-refractivity contribution in [1.82, 2.24) is 9.88 Å². The van der Waals surface area contributed by atoms with Gasteiger partial charge in [0.05, 0.1) is 5.69 Å². The van der Waals surface area contributed by atoms with Crippen LogP contribution in [-0.2, 0) is 0 Å². The third kappa shape index (κ3) is 3.35. The van der Waals surface area contributed by atoms with Gasteiger partial charge in [0.1, 0.15) is 5.69 Å². The Labute approximate surface area is 121 Å². The Kier molecular flexibility index (Phi) is 4.73. The maximum atomic E-state index is 12.4. The van der Waals surface area contributed by atoms with Crippen LogP contribution in [0.3, 0.4) is 0 Å². The van der Waals surface area contributed by atoms with Crippen LogP contribution in [0.25, 0.3) is 0 Å². The van der Waals surface area contributed by atoms with Crippen LogP contribution in [0.4, 0.5) is 5.69 Å². The maximum absolute atomic E-state index is 12.4. The molecule has 1 saturated carbocycles. The zero-order valence-electron chi connectivity index (χ0n) is 12.9. The molecule has 2 rings (SSSR count). The van der Waals surface area contributed by atoms with E-state index in [4.69, 9.17) is 5.73 Å². The van der Waals surface area contributed by atoms with Crippen molar-refractivity contribution >= 4 is 11.6 Å². The van der Waals surface area contributed by atoms with Gasteiger partial charge in [0.25, 0.3) is 5.91 Å². The van der Waals surface area contributed by atoms with E-state index in [1.807, 2.05) is 10.8 Å². The lowest BCUT2D eigenvalue weighted by atomic mass is 9.84. The van der Waals surface area contributed by atoms with Crippen molar-refractivity contribution in [2.45, 2.75) is 65.0 Å².